The van der Waals surface area contributed by atoms with E-state index in [1.165, 1.54) is 410 Å². The van der Waals surface area contributed by atoms with Crippen molar-refractivity contribution < 1.29 is 64.1 Å². The van der Waals surface area contributed by atoms with Crippen LogP contribution in [0.3, 0.4) is 0 Å². The molecule has 0 aliphatic heterocycles. The molecular weight excluding hydrogens is 1630 g/mol. The van der Waals surface area contributed by atoms with Crippen molar-refractivity contribution in [3.63, 3.8) is 0 Å². The van der Waals surface area contributed by atoms with Crippen molar-refractivity contribution in [1.29, 1.82) is 0 Å². The van der Waals surface area contributed by atoms with E-state index in [0.29, 0.717) is 25.7 Å². The number of unbranched alkanes of at least 4 members (excludes halogenated alkanes) is 68. The minimum atomic E-state index is -5.02. The third kappa shape index (κ3) is 76.6. The summed E-state index contributed by atoms with van der Waals surface area (Å²) in [6, 6.07) is 7.30. The molecule has 0 aliphatic carbocycles. The molecule has 2 aromatic carbocycles. The van der Waals surface area contributed by atoms with Crippen molar-refractivity contribution in [2.24, 2.45) is 0 Å². The zero-order valence-corrected chi connectivity index (χ0v) is 84.7. The van der Waals surface area contributed by atoms with Gasteiger partial charge in [0.25, 0.3) is 0 Å². The molecule has 0 fully saturated rings. The maximum absolute atomic E-state index is 13.1. The molecule has 0 spiro atoms. The van der Waals surface area contributed by atoms with Crippen LogP contribution >= 0.6 is 0 Å². The fourth-order valence-corrected chi connectivity index (χ4v) is 17.5. The van der Waals surface area contributed by atoms with E-state index in [4.69, 9.17) is 18.9 Å². The van der Waals surface area contributed by atoms with Crippen molar-refractivity contribution >= 4 is 81.9 Å². The Hall–Kier alpha value is -3.64. The van der Waals surface area contributed by atoms with Crippen LogP contribution in [0.4, 0.5) is 0 Å². The van der Waals surface area contributed by atoms with Crippen LogP contribution in [0.25, 0.3) is 0 Å². The molecule has 125 heavy (non-hydrogen) atoms. The van der Waals surface area contributed by atoms with Gasteiger partial charge in [-0.05, 0) is 153 Å². The van der Waals surface area contributed by atoms with Crippen LogP contribution < -0.4 is 0 Å². The fourth-order valence-electron chi connectivity index (χ4n) is 16.1. The molecule has 2 aromatic rings. The second kappa shape index (κ2) is 92.2. The molecule has 0 bridgehead atoms. The second-order valence-electron chi connectivity index (χ2n) is 35.6. The molecule has 0 N–H and O–H groups in total. The van der Waals surface area contributed by atoms with Gasteiger partial charge in [-0.25, -0.2) is 36.0 Å². The molecule has 14 nitrogen and oxygen atoms in total. The average Bonchev–Trinajstić information content (AvgIpc) is 0.795. The first-order valence-electron chi connectivity index (χ1n) is 52.1. The molecule has 0 heterocycles. The Morgan fingerprint density at radius 3 is 0.528 bits per heavy atom. The maximum Gasteiger partial charge on any atom is 2.00 e. The molecular formula is C108H186CaO14S2. The fraction of sp³-hybridized carbons (Fsp3) is 0.778. The molecule has 0 aliphatic rings. The van der Waals surface area contributed by atoms with Crippen LogP contribution in [0.5, 0.6) is 0 Å². The number of hydrogen-bond donors (Lipinski definition) is 0. The van der Waals surface area contributed by atoms with Crippen LogP contribution in [0.1, 0.15) is 557 Å². The van der Waals surface area contributed by atoms with E-state index in [2.05, 4.69) is 76.3 Å². The largest absolute Gasteiger partial charge is 2.00 e. The summed E-state index contributed by atoms with van der Waals surface area (Å²) in [5.41, 5.74) is -1.54. The Morgan fingerprint density at radius 2 is 0.368 bits per heavy atom. The van der Waals surface area contributed by atoms with Crippen LogP contribution in [0.15, 0.2) is 94.8 Å². The molecule has 0 atom stereocenters. The van der Waals surface area contributed by atoms with Crippen molar-refractivity contribution in [2.75, 3.05) is 26.4 Å². The summed E-state index contributed by atoms with van der Waals surface area (Å²) in [7, 11) is -10.0. The number of benzene rings is 2. The molecule has 0 unspecified atom stereocenters. The van der Waals surface area contributed by atoms with Gasteiger partial charge >= 0.3 is 61.6 Å². The van der Waals surface area contributed by atoms with E-state index in [1.54, 1.807) is 0 Å². The number of rotatable bonds is 90. The Balaban J connectivity index is 0.00000244. The monoisotopic (exact) mass is 1810 g/mol. The average molecular weight is 1810 g/mol. The van der Waals surface area contributed by atoms with E-state index >= 15 is 0 Å². The third-order valence-electron chi connectivity index (χ3n) is 24.0. The standard InChI is InChI=1S/2C54H94O7S.Ca/c2*1-3-5-7-9-11-13-15-17-19-21-23-25-27-29-31-33-35-37-39-41-43-48-60-53(55)50-46-45-47-51(62(57,58)59)52(50)54(56)61-49-44-42-40-38-36-34-32-30-28-26-24-22-20-18-16-14-12-10-8-6-4-2;/h2*13-16,45-47H,3-12,17-44,48-49H2,1-2H3,(H,57,58,59);/q;;+2/p-2/b2*15-13+,16-14+;. The minimum absolute atomic E-state index is 0. The van der Waals surface area contributed by atoms with Crippen molar-refractivity contribution in [3.8, 4) is 0 Å². The summed E-state index contributed by atoms with van der Waals surface area (Å²) in [4.78, 5) is 50.7. The van der Waals surface area contributed by atoms with Crippen molar-refractivity contribution in [3.05, 3.63) is 107 Å². The van der Waals surface area contributed by atoms with E-state index in [0.717, 1.165) is 89.2 Å². The molecule has 0 saturated carbocycles. The third-order valence-corrected chi connectivity index (χ3v) is 25.8. The van der Waals surface area contributed by atoms with Crippen LogP contribution in [-0.2, 0) is 39.2 Å². The molecule has 0 amide bonds. The Morgan fingerprint density at radius 1 is 0.224 bits per heavy atom. The van der Waals surface area contributed by atoms with Gasteiger partial charge in [0.15, 0.2) is 0 Å². The summed E-state index contributed by atoms with van der Waals surface area (Å²) in [5, 5.41) is 0. The minimum Gasteiger partial charge on any atom is -0.744 e. The normalized spacial score (nSPS) is 11.8. The van der Waals surface area contributed by atoms with E-state index in [1.807, 2.05) is 0 Å². The van der Waals surface area contributed by atoms with Gasteiger partial charge < -0.3 is 28.1 Å². The van der Waals surface area contributed by atoms with Crippen molar-refractivity contribution in [2.45, 2.75) is 525 Å². The first kappa shape index (κ1) is 121. The van der Waals surface area contributed by atoms with Gasteiger partial charge in [-0.1, -0.05) is 448 Å². The predicted octanol–water partition coefficient (Wildman–Crippen LogP) is 33.4. The molecule has 17 heteroatoms. The van der Waals surface area contributed by atoms with Gasteiger partial charge in [-0.3, -0.25) is 0 Å². The van der Waals surface area contributed by atoms with Gasteiger partial charge in [-0.2, -0.15) is 0 Å². The smallest absolute Gasteiger partial charge is 0.744 e. The quantitative estimate of drug-likeness (QED) is 0.0150. The first-order valence-corrected chi connectivity index (χ1v) is 54.9. The van der Waals surface area contributed by atoms with E-state index < -0.39 is 65.0 Å². The van der Waals surface area contributed by atoms with E-state index in [9.17, 15) is 45.1 Å². The maximum atomic E-state index is 13.1. The van der Waals surface area contributed by atoms with Crippen LogP contribution in [-0.4, -0.2) is 114 Å². The number of esters is 4. The number of carbonyl (C=O) groups is 4. The summed E-state index contributed by atoms with van der Waals surface area (Å²) >= 11 is 0. The molecule has 0 saturated heterocycles. The number of hydrogen-bond acceptors (Lipinski definition) is 14. The molecule has 2 rings (SSSR count). The zero-order valence-electron chi connectivity index (χ0n) is 80.9. The summed E-state index contributed by atoms with van der Waals surface area (Å²) < 4.78 is 93.9. The first-order chi connectivity index (χ1) is 60.6. The van der Waals surface area contributed by atoms with Gasteiger partial charge in [0, 0.05) is 0 Å². The number of ether oxygens (including phenoxy) is 4. The number of allylic oxidation sites excluding steroid dienone is 8. The zero-order chi connectivity index (χ0) is 90.1. The predicted molar refractivity (Wildman–Crippen MR) is 526 cm³/mol. The van der Waals surface area contributed by atoms with Crippen LogP contribution in [0.2, 0.25) is 0 Å². The van der Waals surface area contributed by atoms with Gasteiger partial charge in [0.05, 0.1) is 58.5 Å². The second-order valence-corrected chi connectivity index (χ2v) is 38.3. The Kier molecular flexibility index (Phi) is 89.5. The topological polar surface area (TPSA) is 220 Å². The van der Waals surface area contributed by atoms with Crippen LogP contribution in [0, 0.1) is 0 Å². The molecule has 0 aromatic heterocycles. The number of carbonyl (C=O) groups excluding carboxylic acids is 4. The molecule has 716 valence electrons. The Labute approximate surface area is 798 Å². The SMILES string of the molecule is CCCCCC/C=C/CCCCCCCCCCCCCCCOC(=O)c1cccc(S(=O)(=O)[O-])c1C(=O)OCCCCCCCCCCCCCCC/C=C/CCCCCC.CCCCCC/C=C/CCCCCCCCCCCCCCCOC(=O)c1cccc(S(=O)(=O)[O-])c1C(=O)OCCCCCCCCCCCCCCC/C=C/CCCCCC.[Ca+2]. The molecule has 0 radical (unpaired) electrons. The summed E-state index contributed by atoms with van der Waals surface area (Å²) in [5.74, 6) is -3.61. The Bertz CT molecular complexity index is 2950. The van der Waals surface area contributed by atoms with Crippen molar-refractivity contribution in [1.82, 2.24) is 0 Å². The summed E-state index contributed by atoms with van der Waals surface area (Å²) in [6.45, 7) is 9.54. The van der Waals surface area contributed by atoms with Gasteiger partial charge in [-0.15, -0.1) is 0 Å². The summed E-state index contributed by atoms with van der Waals surface area (Å²) in [6.07, 6.45) is 112. The van der Waals surface area contributed by atoms with Gasteiger partial charge in [0.2, 0.25) is 0 Å². The van der Waals surface area contributed by atoms with E-state index in [-0.39, 0.29) is 75.3 Å². The van der Waals surface area contributed by atoms with Gasteiger partial charge in [0.1, 0.15) is 20.2 Å².